The third kappa shape index (κ3) is 4.50. The lowest BCUT2D eigenvalue weighted by molar-refractivity contribution is 0.108. The summed E-state index contributed by atoms with van der Waals surface area (Å²) in [6, 6.07) is 3.83. The third-order valence-corrected chi connectivity index (χ3v) is 4.30. The molecular weight excluding hydrogens is 294 g/mol. The summed E-state index contributed by atoms with van der Waals surface area (Å²) >= 11 is 0. The fraction of sp³-hybridized carbons (Fsp3) is 0.647. The number of likely N-dealkylation sites (tertiary alicyclic amines) is 1. The largest absolute Gasteiger partial charge is 0.488 e. The van der Waals surface area contributed by atoms with E-state index in [1.165, 1.54) is 4.90 Å². The van der Waals surface area contributed by atoms with Crippen molar-refractivity contribution in [1.82, 2.24) is 9.88 Å². The summed E-state index contributed by atoms with van der Waals surface area (Å²) in [6.45, 7) is 7.40. The highest BCUT2D eigenvalue weighted by molar-refractivity contribution is 5.65. The molecule has 0 aliphatic carbocycles. The van der Waals surface area contributed by atoms with Crippen molar-refractivity contribution < 1.29 is 14.6 Å². The van der Waals surface area contributed by atoms with E-state index in [1.54, 1.807) is 0 Å². The molecule has 0 saturated carbocycles. The minimum absolute atomic E-state index is 0.0142. The van der Waals surface area contributed by atoms with Gasteiger partial charge in [0.25, 0.3) is 0 Å². The van der Waals surface area contributed by atoms with E-state index in [-0.39, 0.29) is 12.0 Å². The maximum atomic E-state index is 11.1. The molecule has 1 fully saturated rings. The number of nitrogens with zero attached hydrogens (tertiary/aromatic N) is 2. The van der Waals surface area contributed by atoms with Crippen LogP contribution >= 0.6 is 0 Å². The number of hydrogen-bond acceptors (Lipinski definition) is 4. The second kappa shape index (κ2) is 7.53. The number of carbonyl (C=O) groups is 1. The van der Waals surface area contributed by atoms with Gasteiger partial charge in [0, 0.05) is 26.1 Å². The van der Waals surface area contributed by atoms with Crippen LogP contribution in [0.4, 0.5) is 10.6 Å². The predicted octanol–water partition coefficient (Wildman–Crippen LogP) is 3.23. The Morgan fingerprint density at radius 3 is 2.78 bits per heavy atom. The quantitative estimate of drug-likeness (QED) is 0.841. The van der Waals surface area contributed by atoms with Gasteiger partial charge < -0.3 is 20.1 Å². The number of aromatic nitrogens is 1. The van der Waals surface area contributed by atoms with Crippen LogP contribution in [0.15, 0.2) is 12.1 Å². The van der Waals surface area contributed by atoms with E-state index < -0.39 is 6.09 Å². The van der Waals surface area contributed by atoms with Crippen LogP contribution in [0.5, 0.6) is 5.75 Å². The SMILES string of the molecule is CNc1ccc(OC(CC(C)C)[C@H]2CCN(C(=O)O)C2)c(C)n1. The van der Waals surface area contributed by atoms with Gasteiger partial charge in [-0.25, -0.2) is 9.78 Å². The number of nitrogens with one attached hydrogen (secondary N) is 1. The van der Waals surface area contributed by atoms with Crippen LogP contribution in [0, 0.1) is 18.8 Å². The second-order valence-corrected chi connectivity index (χ2v) is 6.59. The molecule has 6 nitrogen and oxygen atoms in total. The lowest BCUT2D eigenvalue weighted by atomic mass is 9.93. The summed E-state index contributed by atoms with van der Waals surface area (Å²) in [7, 11) is 1.84. The molecule has 2 rings (SSSR count). The van der Waals surface area contributed by atoms with E-state index >= 15 is 0 Å². The first kappa shape index (κ1) is 17.4. The first-order valence-corrected chi connectivity index (χ1v) is 8.20. The van der Waals surface area contributed by atoms with E-state index in [9.17, 15) is 4.79 Å². The molecule has 1 aromatic rings. The van der Waals surface area contributed by atoms with Crippen LogP contribution < -0.4 is 10.1 Å². The molecule has 2 heterocycles. The van der Waals surface area contributed by atoms with Crippen LogP contribution in [-0.4, -0.2) is 47.3 Å². The zero-order valence-electron chi connectivity index (χ0n) is 14.4. The third-order valence-electron chi connectivity index (χ3n) is 4.30. The second-order valence-electron chi connectivity index (χ2n) is 6.59. The molecule has 1 unspecified atom stereocenters. The molecule has 128 valence electrons. The van der Waals surface area contributed by atoms with Crippen molar-refractivity contribution in [3.63, 3.8) is 0 Å². The van der Waals surface area contributed by atoms with E-state index in [2.05, 4.69) is 24.1 Å². The number of amides is 1. The standard InChI is InChI=1S/C17H27N3O3/c1-11(2)9-15(13-7-8-20(10-13)17(21)22)23-14-5-6-16(18-4)19-12(14)3/h5-6,11,13,15H,7-10H2,1-4H3,(H,18,19)(H,21,22)/t13-,15?/m0/s1. The van der Waals surface area contributed by atoms with Gasteiger partial charge in [0.1, 0.15) is 17.7 Å². The van der Waals surface area contributed by atoms with Crippen LogP contribution in [-0.2, 0) is 0 Å². The molecule has 1 aromatic heterocycles. The number of carboxylic acid groups (broad SMARTS) is 1. The molecule has 2 atom stereocenters. The Morgan fingerprint density at radius 2 is 2.26 bits per heavy atom. The van der Waals surface area contributed by atoms with Gasteiger partial charge in [0.05, 0.1) is 5.69 Å². The Labute approximate surface area is 137 Å². The summed E-state index contributed by atoms with van der Waals surface area (Å²) in [5.41, 5.74) is 0.846. The van der Waals surface area contributed by atoms with E-state index in [0.717, 1.165) is 30.1 Å². The smallest absolute Gasteiger partial charge is 0.407 e. The van der Waals surface area contributed by atoms with Crippen molar-refractivity contribution >= 4 is 11.9 Å². The van der Waals surface area contributed by atoms with Crippen LogP contribution in [0.1, 0.15) is 32.4 Å². The monoisotopic (exact) mass is 321 g/mol. The van der Waals surface area contributed by atoms with Crippen molar-refractivity contribution in [3.8, 4) is 5.75 Å². The highest BCUT2D eigenvalue weighted by atomic mass is 16.5. The van der Waals surface area contributed by atoms with Crippen molar-refractivity contribution in [2.75, 3.05) is 25.5 Å². The van der Waals surface area contributed by atoms with Crippen molar-refractivity contribution in [2.45, 2.75) is 39.7 Å². The Balaban J connectivity index is 2.11. The van der Waals surface area contributed by atoms with E-state index in [1.807, 2.05) is 26.1 Å². The number of anilines is 1. The summed E-state index contributed by atoms with van der Waals surface area (Å²) in [5, 5.41) is 12.2. The van der Waals surface area contributed by atoms with Crippen LogP contribution in [0.2, 0.25) is 0 Å². The molecule has 0 spiro atoms. The summed E-state index contributed by atoms with van der Waals surface area (Å²) in [4.78, 5) is 17.1. The normalized spacial score (nSPS) is 19.0. The van der Waals surface area contributed by atoms with E-state index in [0.29, 0.717) is 19.0 Å². The molecular formula is C17H27N3O3. The van der Waals surface area contributed by atoms with Gasteiger partial charge in [-0.15, -0.1) is 0 Å². The number of pyridine rings is 1. The molecule has 6 heteroatoms. The molecule has 1 aliphatic rings. The average molecular weight is 321 g/mol. The number of hydrogen-bond donors (Lipinski definition) is 2. The van der Waals surface area contributed by atoms with Gasteiger partial charge in [-0.2, -0.15) is 0 Å². The fourth-order valence-electron chi connectivity index (χ4n) is 3.04. The lowest BCUT2D eigenvalue weighted by Gasteiger charge is -2.27. The van der Waals surface area contributed by atoms with Gasteiger partial charge in [-0.1, -0.05) is 13.8 Å². The Kier molecular flexibility index (Phi) is 5.69. The predicted molar refractivity (Wildman–Crippen MR) is 90.1 cm³/mol. The van der Waals surface area contributed by atoms with Gasteiger partial charge in [-0.3, -0.25) is 0 Å². The number of ether oxygens (including phenoxy) is 1. The molecule has 0 radical (unpaired) electrons. The van der Waals surface area contributed by atoms with Crippen molar-refractivity contribution in [2.24, 2.45) is 11.8 Å². The molecule has 0 aromatic carbocycles. The fourth-order valence-corrected chi connectivity index (χ4v) is 3.04. The summed E-state index contributed by atoms with van der Waals surface area (Å²) in [5.74, 6) is 2.32. The number of rotatable bonds is 6. The Morgan fingerprint density at radius 1 is 1.52 bits per heavy atom. The van der Waals surface area contributed by atoms with Gasteiger partial charge in [0.2, 0.25) is 0 Å². The topological polar surface area (TPSA) is 74.7 Å². The highest BCUT2D eigenvalue weighted by Crippen LogP contribution is 2.29. The van der Waals surface area contributed by atoms with Gasteiger partial charge in [0.15, 0.2) is 0 Å². The molecule has 23 heavy (non-hydrogen) atoms. The van der Waals surface area contributed by atoms with Crippen molar-refractivity contribution in [1.29, 1.82) is 0 Å². The summed E-state index contributed by atoms with van der Waals surface area (Å²) < 4.78 is 6.26. The minimum Gasteiger partial charge on any atom is -0.488 e. The van der Waals surface area contributed by atoms with Crippen LogP contribution in [0.3, 0.4) is 0 Å². The maximum Gasteiger partial charge on any atom is 0.407 e. The maximum absolute atomic E-state index is 11.1. The Bertz CT molecular complexity index is 548. The lowest BCUT2D eigenvalue weighted by Crippen LogP contribution is -2.33. The first-order valence-electron chi connectivity index (χ1n) is 8.20. The van der Waals surface area contributed by atoms with Crippen LogP contribution in [0.25, 0.3) is 0 Å². The first-order chi connectivity index (χ1) is 10.9. The van der Waals surface area contributed by atoms with Crippen molar-refractivity contribution in [3.05, 3.63) is 17.8 Å². The average Bonchev–Trinajstić information content (AvgIpc) is 2.98. The van der Waals surface area contributed by atoms with E-state index in [4.69, 9.17) is 9.84 Å². The van der Waals surface area contributed by atoms with Gasteiger partial charge >= 0.3 is 6.09 Å². The summed E-state index contributed by atoms with van der Waals surface area (Å²) in [6.07, 6.45) is 0.933. The zero-order chi connectivity index (χ0) is 17.0. The zero-order valence-corrected chi connectivity index (χ0v) is 14.4. The molecule has 2 N–H and O–H groups in total. The highest BCUT2D eigenvalue weighted by Gasteiger charge is 2.33. The van der Waals surface area contributed by atoms with Gasteiger partial charge in [-0.05, 0) is 37.8 Å². The molecule has 1 amide bonds. The minimum atomic E-state index is -0.841. The molecule has 0 bridgehead atoms. The number of aryl methyl sites for hydroxylation is 1. The Hall–Kier alpha value is -1.98. The molecule has 1 saturated heterocycles. The molecule has 1 aliphatic heterocycles.